The molecule has 1 aliphatic rings. The number of nitrogens with zero attached hydrogens (tertiary/aromatic N) is 2. The molecule has 0 fully saturated rings. The third-order valence-corrected chi connectivity index (χ3v) is 3.34. The molecule has 2 aromatic rings. The number of phenolic OH excluding ortho intramolecular Hbond substituents is 1. The Morgan fingerprint density at radius 1 is 1.47 bits per heavy atom. The van der Waals surface area contributed by atoms with Gasteiger partial charge in [-0.25, -0.2) is 4.68 Å². The second kappa shape index (κ2) is 3.89. The molecule has 0 saturated heterocycles. The highest BCUT2D eigenvalue weighted by Crippen LogP contribution is 2.32. The largest absolute Gasteiger partial charge is 0.508 e. The third kappa shape index (κ3) is 1.61. The van der Waals surface area contributed by atoms with Gasteiger partial charge in [-0.15, -0.1) is 0 Å². The van der Waals surface area contributed by atoms with Crippen molar-refractivity contribution in [3.05, 3.63) is 41.7 Å². The first kappa shape index (κ1) is 10.4. The molecule has 2 N–H and O–H groups in total. The summed E-state index contributed by atoms with van der Waals surface area (Å²) >= 11 is 0. The van der Waals surface area contributed by atoms with Gasteiger partial charge in [0.05, 0.1) is 17.6 Å². The Hall–Kier alpha value is -1.81. The summed E-state index contributed by atoms with van der Waals surface area (Å²) in [4.78, 5) is 0. The third-order valence-electron chi connectivity index (χ3n) is 3.34. The lowest BCUT2D eigenvalue weighted by Gasteiger charge is -2.13. The molecule has 1 aromatic heterocycles. The number of benzene rings is 1. The zero-order chi connectivity index (χ0) is 11.8. The quantitative estimate of drug-likeness (QED) is 0.825. The van der Waals surface area contributed by atoms with E-state index in [0.717, 1.165) is 18.5 Å². The molecule has 3 rings (SSSR count). The van der Waals surface area contributed by atoms with Crippen LogP contribution in [0, 0.1) is 0 Å². The molecule has 1 unspecified atom stereocenters. The summed E-state index contributed by atoms with van der Waals surface area (Å²) in [7, 11) is 1.97. The van der Waals surface area contributed by atoms with Gasteiger partial charge in [0.1, 0.15) is 5.75 Å². The van der Waals surface area contributed by atoms with Gasteiger partial charge < -0.3 is 10.4 Å². The first-order chi connectivity index (χ1) is 8.29. The van der Waals surface area contributed by atoms with Crippen LogP contribution in [0.5, 0.6) is 5.75 Å². The number of rotatable bonds is 2. The van der Waals surface area contributed by atoms with Crippen molar-refractivity contribution in [2.45, 2.75) is 18.9 Å². The van der Waals surface area contributed by atoms with Crippen molar-refractivity contribution in [3.8, 4) is 11.4 Å². The van der Waals surface area contributed by atoms with Gasteiger partial charge in [-0.2, -0.15) is 5.10 Å². The molecule has 0 radical (unpaired) electrons. The van der Waals surface area contributed by atoms with Crippen LogP contribution in [0.15, 0.2) is 30.5 Å². The minimum Gasteiger partial charge on any atom is -0.508 e. The van der Waals surface area contributed by atoms with Gasteiger partial charge in [-0.1, -0.05) is 6.07 Å². The zero-order valence-corrected chi connectivity index (χ0v) is 9.72. The minimum absolute atomic E-state index is 0.269. The topological polar surface area (TPSA) is 50.1 Å². The van der Waals surface area contributed by atoms with E-state index in [9.17, 15) is 5.11 Å². The summed E-state index contributed by atoms with van der Waals surface area (Å²) in [6.45, 7) is 0. The standard InChI is InChI=1S/C13H15N3O/c1-14-12-6-5-9-8-15-16(13(9)12)10-3-2-4-11(17)7-10/h2-4,7-8,12,14,17H,5-6H2,1H3. The number of hydrogen-bond donors (Lipinski definition) is 2. The van der Waals surface area contributed by atoms with Gasteiger partial charge in [0.15, 0.2) is 0 Å². The molecule has 1 atom stereocenters. The van der Waals surface area contributed by atoms with Crippen LogP contribution >= 0.6 is 0 Å². The molecule has 1 aliphatic carbocycles. The number of nitrogens with one attached hydrogen (secondary N) is 1. The van der Waals surface area contributed by atoms with Crippen LogP contribution in [0.3, 0.4) is 0 Å². The van der Waals surface area contributed by atoms with Crippen molar-refractivity contribution in [2.24, 2.45) is 0 Å². The fraction of sp³-hybridized carbons (Fsp3) is 0.308. The van der Waals surface area contributed by atoms with Crippen LogP contribution in [0.2, 0.25) is 0 Å². The van der Waals surface area contributed by atoms with Crippen LogP contribution in [0.1, 0.15) is 23.7 Å². The predicted octanol–water partition coefficient (Wildman–Crippen LogP) is 1.78. The molecule has 4 nitrogen and oxygen atoms in total. The van der Waals surface area contributed by atoms with E-state index in [0.29, 0.717) is 6.04 Å². The van der Waals surface area contributed by atoms with Gasteiger partial charge in [0, 0.05) is 12.1 Å². The van der Waals surface area contributed by atoms with Crippen molar-refractivity contribution in [3.63, 3.8) is 0 Å². The maximum Gasteiger partial charge on any atom is 0.117 e. The van der Waals surface area contributed by atoms with E-state index in [4.69, 9.17) is 0 Å². The number of aryl methyl sites for hydroxylation is 1. The van der Waals surface area contributed by atoms with Gasteiger partial charge in [-0.3, -0.25) is 0 Å². The van der Waals surface area contributed by atoms with Crippen molar-refractivity contribution in [1.82, 2.24) is 15.1 Å². The first-order valence-electron chi connectivity index (χ1n) is 5.83. The van der Waals surface area contributed by atoms with E-state index < -0.39 is 0 Å². The van der Waals surface area contributed by atoms with E-state index in [-0.39, 0.29) is 5.75 Å². The maximum absolute atomic E-state index is 9.53. The van der Waals surface area contributed by atoms with Crippen molar-refractivity contribution >= 4 is 0 Å². The Kier molecular flexibility index (Phi) is 2.37. The van der Waals surface area contributed by atoms with Crippen LogP contribution in [-0.2, 0) is 6.42 Å². The number of aromatic hydroxyl groups is 1. The monoisotopic (exact) mass is 229 g/mol. The summed E-state index contributed by atoms with van der Waals surface area (Å²) in [6.07, 6.45) is 4.11. The number of hydrogen-bond acceptors (Lipinski definition) is 3. The molecule has 88 valence electrons. The molecule has 0 amide bonds. The highest BCUT2D eigenvalue weighted by atomic mass is 16.3. The predicted molar refractivity (Wildman–Crippen MR) is 65.4 cm³/mol. The summed E-state index contributed by atoms with van der Waals surface area (Å²) < 4.78 is 1.92. The van der Waals surface area contributed by atoms with Gasteiger partial charge >= 0.3 is 0 Å². The average Bonchev–Trinajstić information content (AvgIpc) is 2.89. The smallest absolute Gasteiger partial charge is 0.117 e. The molecule has 1 heterocycles. The van der Waals surface area contributed by atoms with Crippen LogP contribution in [0.4, 0.5) is 0 Å². The van der Waals surface area contributed by atoms with Crippen LogP contribution < -0.4 is 5.32 Å². The van der Waals surface area contributed by atoms with E-state index in [1.165, 1.54) is 11.3 Å². The van der Waals surface area contributed by atoms with E-state index in [2.05, 4.69) is 10.4 Å². The minimum atomic E-state index is 0.269. The Morgan fingerprint density at radius 3 is 3.12 bits per heavy atom. The lowest BCUT2D eigenvalue weighted by Crippen LogP contribution is -2.17. The molecule has 0 aliphatic heterocycles. The van der Waals surface area contributed by atoms with Gasteiger partial charge in [0.2, 0.25) is 0 Å². The van der Waals surface area contributed by atoms with Crippen LogP contribution in [0.25, 0.3) is 5.69 Å². The number of fused-ring (bicyclic) bond motifs is 1. The highest BCUT2D eigenvalue weighted by Gasteiger charge is 2.26. The summed E-state index contributed by atoms with van der Waals surface area (Å²) in [5.41, 5.74) is 3.43. The maximum atomic E-state index is 9.53. The first-order valence-corrected chi connectivity index (χ1v) is 5.83. The lowest BCUT2D eigenvalue weighted by molar-refractivity contribution is 0.474. The fourth-order valence-electron chi connectivity index (χ4n) is 2.50. The van der Waals surface area contributed by atoms with Gasteiger partial charge in [-0.05, 0) is 37.6 Å². The highest BCUT2D eigenvalue weighted by molar-refractivity contribution is 5.42. The van der Waals surface area contributed by atoms with Gasteiger partial charge in [0.25, 0.3) is 0 Å². The lowest BCUT2D eigenvalue weighted by atomic mass is 10.2. The Bertz CT molecular complexity index is 547. The zero-order valence-electron chi connectivity index (χ0n) is 9.72. The molecule has 0 saturated carbocycles. The summed E-state index contributed by atoms with van der Waals surface area (Å²) in [6, 6.07) is 7.55. The number of phenols is 1. The molecule has 0 bridgehead atoms. The molecule has 4 heteroatoms. The summed E-state index contributed by atoms with van der Waals surface area (Å²) in [5.74, 6) is 0.269. The molecule has 0 spiro atoms. The molecule has 1 aromatic carbocycles. The van der Waals surface area contributed by atoms with Crippen molar-refractivity contribution in [2.75, 3.05) is 7.05 Å². The fourth-order valence-corrected chi connectivity index (χ4v) is 2.50. The van der Waals surface area contributed by atoms with Crippen LogP contribution in [-0.4, -0.2) is 21.9 Å². The van der Waals surface area contributed by atoms with E-state index in [1.807, 2.05) is 30.1 Å². The molecular weight excluding hydrogens is 214 g/mol. The van der Waals surface area contributed by atoms with Crippen molar-refractivity contribution < 1.29 is 5.11 Å². The molecule has 17 heavy (non-hydrogen) atoms. The Labute approximate surface area is 99.9 Å². The normalized spacial score (nSPS) is 18.3. The van der Waals surface area contributed by atoms with E-state index >= 15 is 0 Å². The second-order valence-electron chi connectivity index (χ2n) is 4.37. The Balaban J connectivity index is 2.11. The van der Waals surface area contributed by atoms with Crippen molar-refractivity contribution in [1.29, 1.82) is 0 Å². The SMILES string of the molecule is CNC1CCc2cnn(-c3cccc(O)c3)c21. The second-order valence-corrected chi connectivity index (χ2v) is 4.37. The van der Waals surface area contributed by atoms with E-state index in [1.54, 1.807) is 12.1 Å². The average molecular weight is 229 g/mol. The Morgan fingerprint density at radius 2 is 2.35 bits per heavy atom. The molecular formula is C13H15N3O. The number of aromatic nitrogens is 2. The summed E-state index contributed by atoms with van der Waals surface area (Å²) in [5, 5.41) is 17.2.